The van der Waals surface area contributed by atoms with Crippen molar-refractivity contribution < 1.29 is 13.9 Å². The molecule has 2 aromatic heterocycles. The molecular weight excluding hydrogens is 380 g/mol. The number of nitrogens with one attached hydrogen (secondary N) is 1. The number of hydrogen-bond donors (Lipinski definition) is 1. The van der Waals surface area contributed by atoms with E-state index in [0.29, 0.717) is 11.4 Å². The van der Waals surface area contributed by atoms with Gasteiger partial charge in [-0.15, -0.1) is 0 Å². The molecule has 3 heterocycles. The molecule has 1 amide bonds. The number of aromatic nitrogens is 2. The van der Waals surface area contributed by atoms with E-state index in [0.717, 1.165) is 37.6 Å². The second-order valence-electron chi connectivity index (χ2n) is 7.60. The van der Waals surface area contributed by atoms with E-state index in [4.69, 9.17) is 9.15 Å². The molecule has 7 heteroatoms. The van der Waals surface area contributed by atoms with Gasteiger partial charge in [-0.2, -0.15) is 5.10 Å². The molecule has 30 heavy (non-hydrogen) atoms. The molecule has 0 saturated carbocycles. The van der Waals surface area contributed by atoms with Crippen LogP contribution in [0.25, 0.3) is 0 Å². The number of rotatable bonds is 8. The Morgan fingerprint density at radius 1 is 1.13 bits per heavy atom. The number of furan rings is 1. The van der Waals surface area contributed by atoms with E-state index >= 15 is 0 Å². The largest absolute Gasteiger partial charge is 0.471 e. The predicted molar refractivity (Wildman–Crippen MR) is 114 cm³/mol. The van der Waals surface area contributed by atoms with Crippen LogP contribution in [0.4, 0.5) is 5.69 Å². The van der Waals surface area contributed by atoms with E-state index in [2.05, 4.69) is 22.2 Å². The van der Waals surface area contributed by atoms with Gasteiger partial charge in [0.2, 0.25) is 0 Å². The fourth-order valence-electron chi connectivity index (χ4n) is 3.58. The molecule has 1 aliphatic heterocycles. The normalized spacial score (nSPS) is 14.6. The molecule has 0 atom stereocenters. The number of hydrogen-bond acceptors (Lipinski definition) is 5. The van der Waals surface area contributed by atoms with E-state index in [1.165, 1.54) is 24.8 Å². The number of anilines is 1. The van der Waals surface area contributed by atoms with Crippen molar-refractivity contribution in [2.24, 2.45) is 0 Å². The number of likely N-dealkylation sites (tertiary alicyclic amines) is 1. The highest BCUT2D eigenvalue weighted by Crippen LogP contribution is 2.17. The number of piperidine rings is 1. The lowest BCUT2D eigenvalue weighted by Crippen LogP contribution is -2.28. The van der Waals surface area contributed by atoms with Crippen LogP contribution >= 0.6 is 0 Å². The highest BCUT2D eigenvalue weighted by Gasteiger charge is 2.16. The molecule has 7 nitrogen and oxygen atoms in total. The van der Waals surface area contributed by atoms with E-state index in [-0.39, 0.29) is 12.6 Å². The molecule has 0 unspecified atom stereocenters. The minimum atomic E-state index is -0.282. The fraction of sp³-hybridized carbons (Fsp3) is 0.391. The van der Waals surface area contributed by atoms with E-state index < -0.39 is 0 Å². The lowest BCUT2D eigenvalue weighted by Gasteiger charge is -2.25. The summed E-state index contributed by atoms with van der Waals surface area (Å²) >= 11 is 0. The Morgan fingerprint density at radius 2 is 1.93 bits per heavy atom. The minimum absolute atomic E-state index is 0.266. The summed E-state index contributed by atoms with van der Waals surface area (Å²) in [5.74, 6) is 1.63. The number of amides is 1. The van der Waals surface area contributed by atoms with Crippen molar-refractivity contribution in [2.75, 3.05) is 18.4 Å². The second-order valence-corrected chi connectivity index (χ2v) is 7.60. The molecule has 3 aromatic rings. The first-order valence-electron chi connectivity index (χ1n) is 10.6. The number of ether oxygens (including phenoxy) is 1. The van der Waals surface area contributed by atoms with Crippen LogP contribution in [-0.4, -0.2) is 33.7 Å². The Labute approximate surface area is 176 Å². The quantitative estimate of drug-likeness (QED) is 0.601. The van der Waals surface area contributed by atoms with Crippen molar-refractivity contribution in [1.29, 1.82) is 0 Å². The summed E-state index contributed by atoms with van der Waals surface area (Å²) in [6.45, 7) is 5.32. The van der Waals surface area contributed by atoms with Gasteiger partial charge in [0.15, 0.2) is 12.5 Å². The number of carbonyl (C=O) groups is 1. The number of benzene rings is 1. The molecule has 1 N–H and O–H groups in total. The standard InChI is InChI=1S/C23H28N4O3/c1-2-18-6-8-20(9-7-18)29-17-27-15-19(14-24-27)25-23(28)22-11-10-21(30-22)16-26-12-4-3-5-13-26/h6-11,14-15H,2-5,12-13,16-17H2,1H3,(H,25,28). The Morgan fingerprint density at radius 3 is 2.70 bits per heavy atom. The van der Waals surface area contributed by atoms with Crippen LogP contribution in [-0.2, 0) is 19.7 Å². The van der Waals surface area contributed by atoms with Gasteiger partial charge in [-0.3, -0.25) is 9.69 Å². The van der Waals surface area contributed by atoms with Crippen molar-refractivity contribution in [3.05, 3.63) is 65.9 Å². The van der Waals surface area contributed by atoms with Crippen molar-refractivity contribution in [3.63, 3.8) is 0 Å². The summed E-state index contributed by atoms with van der Waals surface area (Å²) in [6, 6.07) is 11.6. The van der Waals surface area contributed by atoms with Gasteiger partial charge in [-0.25, -0.2) is 4.68 Å². The van der Waals surface area contributed by atoms with E-state index in [1.54, 1.807) is 23.1 Å². The van der Waals surface area contributed by atoms with Crippen molar-refractivity contribution >= 4 is 11.6 Å². The molecule has 1 saturated heterocycles. The van der Waals surface area contributed by atoms with Gasteiger partial charge in [0.25, 0.3) is 5.91 Å². The minimum Gasteiger partial charge on any atom is -0.471 e. The first-order valence-corrected chi connectivity index (χ1v) is 10.6. The summed E-state index contributed by atoms with van der Waals surface area (Å²) < 4.78 is 13.1. The zero-order chi connectivity index (χ0) is 20.8. The zero-order valence-electron chi connectivity index (χ0n) is 17.3. The van der Waals surface area contributed by atoms with Crippen LogP contribution in [0.3, 0.4) is 0 Å². The van der Waals surface area contributed by atoms with Gasteiger partial charge >= 0.3 is 0 Å². The molecule has 0 spiro atoms. The molecule has 0 aliphatic carbocycles. The summed E-state index contributed by atoms with van der Waals surface area (Å²) in [4.78, 5) is 14.8. The maximum atomic E-state index is 12.5. The highest BCUT2D eigenvalue weighted by molar-refractivity contribution is 6.02. The first-order chi connectivity index (χ1) is 14.7. The molecule has 0 radical (unpaired) electrons. The van der Waals surface area contributed by atoms with Gasteiger partial charge in [0.1, 0.15) is 11.5 Å². The van der Waals surface area contributed by atoms with Gasteiger partial charge in [-0.1, -0.05) is 25.5 Å². The Bertz CT molecular complexity index is 955. The second kappa shape index (κ2) is 9.63. The van der Waals surface area contributed by atoms with Gasteiger partial charge in [-0.05, 0) is 62.2 Å². The Hall–Kier alpha value is -3.06. The highest BCUT2D eigenvalue weighted by atomic mass is 16.5. The monoisotopic (exact) mass is 408 g/mol. The predicted octanol–water partition coefficient (Wildman–Crippen LogP) is 4.31. The third-order valence-corrected chi connectivity index (χ3v) is 5.30. The summed E-state index contributed by atoms with van der Waals surface area (Å²) in [6.07, 6.45) is 8.08. The van der Waals surface area contributed by atoms with Crippen molar-refractivity contribution in [3.8, 4) is 5.75 Å². The SMILES string of the molecule is CCc1ccc(OCn2cc(NC(=O)c3ccc(CN4CCCCC4)o3)cn2)cc1. The van der Waals surface area contributed by atoms with Gasteiger partial charge in [0, 0.05) is 0 Å². The zero-order valence-corrected chi connectivity index (χ0v) is 17.3. The average molecular weight is 409 g/mol. The van der Waals surface area contributed by atoms with Crippen LogP contribution in [0, 0.1) is 0 Å². The van der Waals surface area contributed by atoms with Crippen molar-refractivity contribution in [1.82, 2.24) is 14.7 Å². The lowest BCUT2D eigenvalue weighted by molar-refractivity contribution is 0.0992. The number of nitrogens with zero attached hydrogens (tertiary/aromatic N) is 3. The third kappa shape index (κ3) is 5.30. The van der Waals surface area contributed by atoms with Gasteiger partial charge < -0.3 is 14.5 Å². The van der Waals surface area contributed by atoms with Crippen LogP contribution in [0.1, 0.15) is 48.1 Å². The molecule has 1 fully saturated rings. The summed E-state index contributed by atoms with van der Waals surface area (Å²) in [5.41, 5.74) is 1.86. The van der Waals surface area contributed by atoms with Crippen LogP contribution in [0.2, 0.25) is 0 Å². The molecule has 0 bridgehead atoms. The fourth-order valence-corrected chi connectivity index (χ4v) is 3.58. The smallest absolute Gasteiger partial charge is 0.291 e. The summed E-state index contributed by atoms with van der Waals surface area (Å²) in [5, 5.41) is 7.06. The lowest BCUT2D eigenvalue weighted by atomic mass is 10.1. The maximum Gasteiger partial charge on any atom is 0.291 e. The van der Waals surface area contributed by atoms with Crippen LogP contribution < -0.4 is 10.1 Å². The third-order valence-electron chi connectivity index (χ3n) is 5.30. The maximum absolute atomic E-state index is 12.5. The number of carbonyl (C=O) groups excluding carboxylic acids is 1. The van der Waals surface area contributed by atoms with E-state index in [1.807, 2.05) is 30.3 Å². The van der Waals surface area contributed by atoms with Gasteiger partial charge in [0.05, 0.1) is 24.6 Å². The molecule has 4 rings (SSSR count). The average Bonchev–Trinajstić information content (AvgIpc) is 3.43. The Balaban J connectivity index is 1.28. The summed E-state index contributed by atoms with van der Waals surface area (Å²) in [7, 11) is 0. The van der Waals surface area contributed by atoms with Crippen LogP contribution in [0.15, 0.2) is 53.2 Å². The van der Waals surface area contributed by atoms with E-state index in [9.17, 15) is 4.79 Å². The molecular formula is C23H28N4O3. The number of aryl methyl sites for hydroxylation is 1. The molecule has 1 aliphatic rings. The molecule has 158 valence electrons. The Kier molecular flexibility index (Phi) is 6.49. The molecule has 1 aromatic carbocycles. The van der Waals surface area contributed by atoms with Crippen molar-refractivity contribution in [2.45, 2.75) is 45.9 Å². The topological polar surface area (TPSA) is 72.5 Å². The first kappa shape index (κ1) is 20.2. The van der Waals surface area contributed by atoms with Crippen LogP contribution in [0.5, 0.6) is 5.75 Å².